The van der Waals surface area contributed by atoms with Crippen molar-refractivity contribution in [2.45, 2.75) is 25.8 Å². The lowest BCUT2D eigenvalue weighted by Gasteiger charge is -2.19. The highest BCUT2D eigenvalue weighted by Gasteiger charge is 2.12. The van der Waals surface area contributed by atoms with Gasteiger partial charge in [-0.3, -0.25) is 15.1 Å². The van der Waals surface area contributed by atoms with E-state index >= 15 is 0 Å². The van der Waals surface area contributed by atoms with E-state index < -0.39 is 0 Å². The lowest BCUT2D eigenvalue weighted by atomic mass is 9.99. The van der Waals surface area contributed by atoms with Gasteiger partial charge in [0.15, 0.2) is 0 Å². The first-order chi connectivity index (χ1) is 10.2. The summed E-state index contributed by atoms with van der Waals surface area (Å²) < 4.78 is 0. The van der Waals surface area contributed by atoms with E-state index in [4.69, 9.17) is 0 Å². The molecule has 0 amide bonds. The molecule has 5 nitrogen and oxygen atoms in total. The minimum Gasteiger partial charge on any atom is -0.310 e. The van der Waals surface area contributed by atoms with Crippen LogP contribution in [-0.2, 0) is 6.42 Å². The summed E-state index contributed by atoms with van der Waals surface area (Å²) in [6, 6.07) is 10.9. The highest BCUT2D eigenvalue weighted by atomic mass is 16.6. The Hall–Kier alpha value is -2.27. The zero-order valence-corrected chi connectivity index (χ0v) is 12.0. The van der Waals surface area contributed by atoms with Crippen molar-refractivity contribution in [3.63, 3.8) is 0 Å². The van der Waals surface area contributed by atoms with E-state index in [1.165, 1.54) is 5.56 Å². The smallest absolute Gasteiger partial charge is 0.269 e. The van der Waals surface area contributed by atoms with Gasteiger partial charge in [0.05, 0.1) is 4.92 Å². The van der Waals surface area contributed by atoms with Crippen molar-refractivity contribution in [1.29, 1.82) is 0 Å². The fourth-order valence-electron chi connectivity index (χ4n) is 2.21. The number of non-ortho nitro benzene ring substituents is 1. The van der Waals surface area contributed by atoms with Crippen LogP contribution in [0.1, 0.15) is 30.5 Å². The fourth-order valence-corrected chi connectivity index (χ4v) is 2.21. The quantitative estimate of drug-likeness (QED) is 0.626. The molecule has 110 valence electrons. The van der Waals surface area contributed by atoms with Gasteiger partial charge < -0.3 is 5.32 Å². The average Bonchev–Trinajstić information content (AvgIpc) is 2.52. The molecule has 1 aromatic carbocycles. The van der Waals surface area contributed by atoms with Crippen molar-refractivity contribution < 1.29 is 4.92 Å². The first-order valence-corrected chi connectivity index (χ1v) is 7.07. The van der Waals surface area contributed by atoms with Gasteiger partial charge in [-0.2, -0.15) is 0 Å². The molecule has 0 saturated heterocycles. The van der Waals surface area contributed by atoms with E-state index in [0.29, 0.717) is 0 Å². The summed E-state index contributed by atoms with van der Waals surface area (Å²) in [5.41, 5.74) is 2.38. The third kappa shape index (κ3) is 4.36. The molecule has 0 aliphatic carbocycles. The summed E-state index contributed by atoms with van der Waals surface area (Å²) in [4.78, 5) is 14.4. The van der Waals surface area contributed by atoms with Gasteiger partial charge in [0.2, 0.25) is 0 Å². The predicted octanol–water partition coefficient (Wildman–Crippen LogP) is 3.27. The number of nitro benzene ring substituents is 1. The number of aromatic nitrogens is 1. The second kappa shape index (κ2) is 7.50. The minimum atomic E-state index is -0.376. The van der Waals surface area contributed by atoms with E-state index in [-0.39, 0.29) is 16.7 Å². The largest absolute Gasteiger partial charge is 0.310 e. The van der Waals surface area contributed by atoms with Crippen LogP contribution in [0.15, 0.2) is 48.8 Å². The van der Waals surface area contributed by atoms with Gasteiger partial charge in [0.1, 0.15) is 0 Å². The Morgan fingerprint density at radius 3 is 2.43 bits per heavy atom. The summed E-state index contributed by atoms with van der Waals surface area (Å²) in [5.74, 6) is 0. The van der Waals surface area contributed by atoms with Gasteiger partial charge in [-0.15, -0.1) is 0 Å². The van der Waals surface area contributed by atoms with Crippen LogP contribution < -0.4 is 5.32 Å². The SMILES string of the molecule is CCCNC(Cc1ccc([N+](=O)[O-])cc1)c1ccncc1. The van der Waals surface area contributed by atoms with Gasteiger partial charge in [-0.05, 0) is 42.6 Å². The van der Waals surface area contributed by atoms with Gasteiger partial charge in [0, 0.05) is 30.6 Å². The average molecular weight is 285 g/mol. The zero-order valence-electron chi connectivity index (χ0n) is 12.0. The van der Waals surface area contributed by atoms with Crippen LogP contribution in [-0.4, -0.2) is 16.5 Å². The highest BCUT2D eigenvalue weighted by molar-refractivity contribution is 5.33. The van der Waals surface area contributed by atoms with Crippen molar-refractivity contribution in [1.82, 2.24) is 10.3 Å². The minimum absolute atomic E-state index is 0.126. The van der Waals surface area contributed by atoms with E-state index in [1.54, 1.807) is 24.5 Å². The molecule has 0 aliphatic rings. The number of benzene rings is 1. The molecule has 0 aliphatic heterocycles. The molecule has 0 radical (unpaired) electrons. The lowest BCUT2D eigenvalue weighted by Crippen LogP contribution is -2.24. The molecule has 1 atom stereocenters. The Labute approximate surface area is 124 Å². The van der Waals surface area contributed by atoms with Crippen LogP contribution in [0.3, 0.4) is 0 Å². The Kier molecular flexibility index (Phi) is 5.40. The number of nitro groups is 1. The number of nitrogens with zero attached hydrogens (tertiary/aromatic N) is 2. The Morgan fingerprint density at radius 2 is 1.86 bits per heavy atom. The fraction of sp³-hybridized carbons (Fsp3) is 0.312. The molecule has 1 heterocycles. The number of hydrogen-bond acceptors (Lipinski definition) is 4. The maximum atomic E-state index is 10.7. The maximum absolute atomic E-state index is 10.7. The molecule has 1 unspecified atom stereocenters. The van der Waals surface area contributed by atoms with Crippen molar-refractivity contribution >= 4 is 5.69 Å². The van der Waals surface area contributed by atoms with Crippen LogP contribution in [0.2, 0.25) is 0 Å². The summed E-state index contributed by atoms with van der Waals surface area (Å²) in [5, 5.41) is 14.2. The summed E-state index contributed by atoms with van der Waals surface area (Å²) in [6.07, 6.45) is 5.42. The molecule has 1 N–H and O–H groups in total. The molecule has 2 rings (SSSR count). The van der Waals surface area contributed by atoms with Crippen molar-refractivity contribution in [2.75, 3.05) is 6.54 Å². The molecule has 0 spiro atoms. The van der Waals surface area contributed by atoms with Crippen LogP contribution in [0.25, 0.3) is 0 Å². The standard InChI is InChI=1S/C16H19N3O2/c1-2-9-18-16(14-7-10-17-11-8-14)12-13-3-5-15(6-4-13)19(20)21/h3-8,10-11,16,18H,2,9,12H2,1H3. The van der Waals surface area contributed by atoms with Gasteiger partial charge >= 0.3 is 0 Å². The molecular weight excluding hydrogens is 266 g/mol. The van der Waals surface area contributed by atoms with E-state index in [1.807, 2.05) is 24.3 Å². The third-order valence-corrected chi connectivity index (χ3v) is 3.34. The number of pyridine rings is 1. The summed E-state index contributed by atoms with van der Waals surface area (Å²) in [7, 11) is 0. The second-order valence-corrected chi connectivity index (χ2v) is 4.91. The summed E-state index contributed by atoms with van der Waals surface area (Å²) in [6.45, 7) is 3.06. The van der Waals surface area contributed by atoms with E-state index in [2.05, 4.69) is 17.2 Å². The number of nitrogens with one attached hydrogen (secondary N) is 1. The van der Waals surface area contributed by atoms with Gasteiger partial charge in [0.25, 0.3) is 5.69 Å². The molecule has 0 fully saturated rings. The molecule has 1 aromatic heterocycles. The maximum Gasteiger partial charge on any atom is 0.269 e. The highest BCUT2D eigenvalue weighted by Crippen LogP contribution is 2.20. The Bertz CT molecular complexity index is 570. The molecule has 21 heavy (non-hydrogen) atoms. The van der Waals surface area contributed by atoms with Crippen molar-refractivity contribution in [2.24, 2.45) is 0 Å². The van der Waals surface area contributed by atoms with Gasteiger partial charge in [-0.1, -0.05) is 19.1 Å². The molecule has 5 heteroatoms. The topological polar surface area (TPSA) is 68.1 Å². The first-order valence-electron chi connectivity index (χ1n) is 7.07. The van der Waals surface area contributed by atoms with Crippen molar-refractivity contribution in [3.8, 4) is 0 Å². The number of rotatable bonds is 7. The van der Waals surface area contributed by atoms with E-state index in [0.717, 1.165) is 24.9 Å². The normalized spacial score (nSPS) is 12.0. The number of hydrogen-bond donors (Lipinski definition) is 1. The molecular formula is C16H19N3O2. The predicted molar refractivity (Wildman–Crippen MR) is 82.1 cm³/mol. The van der Waals surface area contributed by atoms with Crippen LogP contribution in [0, 0.1) is 10.1 Å². The first kappa shape index (κ1) is 15.1. The molecule has 0 saturated carbocycles. The van der Waals surface area contributed by atoms with Crippen LogP contribution in [0.4, 0.5) is 5.69 Å². The van der Waals surface area contributed by atoms with Crippen LogP contribution >= 0.6 is 0 Å². The van der Waals surface area contributed by atoms with Crippen molar-refractivity contribution in [3.05, 3.63) is 70.0 Å². The Morgan fingerprint density at radius 1 is 1.19 bits per heavy atom. The molecule has 2 aromatic rings. The van der Waals surface area contributed by atoms with Crippen LogP contribution in [0.5, 0.6) is 0 Å². The lowest BCUT2D eigenvalue weighted by molar-refractivity contribution is -0.384. The summed E-state index contributed by atoms with van der Waals surface area (Å²) >= 11 is 0. The zero-order chi connectivity index (χ0) is 15.1. The second-order valence-electron chi connectivity index (χ2n) is 4.91. The molecule has 0 bridgehead atoms. The third-order valence-electron chi connectivity index (χ3n) is 3.34. The monoisotopic (exact) mass is 285 g/mol. The van der Waals surface area contributed by atoms with Gasteiger partial charge in [-0.25, -0.2) is 0 Å². The van der Waals surface area contributed by atoms with E-state index in [9.17, 15) is 10.1 Å². The Balaban J connectivity index is 2.12.